The van der Waals surface area contributed by atoms with Crippen LogP contribution in [0.3, 0.4) is 0 Å². The third-order valence-electron chi connectivity index (χ3n) is 3.94. The number of benzene rings is 1. The van der Waals surface area contributed by atoms with Crippen molar-refractivity contribution in [2.75, 3.05) is 0 Å². The second-order valence-corrected chi connectivity index (χ2v) is 12.3. The van der Waals surface area contributed by atoms with Crippen molar-refractivity contribution >= 4 is 12.6 Å². The predicted molar refractivity (Wildman–Crippen MR) is 87.3 cm³/mol. The molecule has 1 aromatic carbocycles. The first kappa shape index (κ1) is 15.7. The normalized spacial score (nSPS) is 13.8. The number of hydrogen-bond acceptors (Lipinski definition) is 0. The molecule has 0 nitrogen and oxygen atoms in total. The fourth-order valence-electron chi connectivity index (χ4n) is 2.95. The Balaban J connectivity index is 3.55. The second-order valence-electron chi connectivity index (χ2n) is 7.50. The van der Waals surface area contributed by atoms with Crippen molar-refractivity contribution in [2.45, 2.75) is 65.7 Å². The van der Waals surface area contributed by atoms with Crippen LogP contribution in [-0.4, -0.2) is 10.3 Å². The van der Waals surface area contributed by atoms with E-state index in [9.17, 15) is 0 Å². The summed E-state index contributed by atoms with van der Waals surface area (Å²) < 4.78 is 0. The molecule has 1 heteroatoms. The van der Waals surface area contributed by atoms with Crippen molar-refractivity contribution < 1.29 is 0 Å². The Kier molecular flexibility index (Phi) is 4.05. The molecule has 0 amide bonds. The van der Waals surface area contributed by atoms with E-state index in [4.69, 9.17) is 6.66 Å². The summed E-state index contributed by atoms with van der Waals surface area (Å²) in [7, 11) is -1.49. The third-order valence-corrected chi connectivity index (χ3v) is 9.66. The zero-order valence-corrected chi connectivity index (χ0v) is 14.3. The summed E-state index contributed by atoms with van der Waals surface area (Å²) in [4.78, 5) is 0. The van der Waals surface area contributed by atoms with Gasteiger partial charge in [0.2, 0.25) is 0 Å². The molecule has 0 saturated carbocycles. The van der Waals surface area contributed by atoms with E-state index < -0.39 is 7.26 Å². The molecule has 18 heavy (non-hydrogen) atoms. The highest BCUT2D eigenvalue weighted by Gasteiger charge is 2.49. The van der Waals surface area contributed by atoms with Crippen LogP contribution in [0.4, 0.5) is 0 Å². The van der Waals surface area contributed by atoms with Gasteiger partial charge in [-0.15, -0.1) is 0 Å². The second kappa shape index (κ2) is 4.64. The van der Waals surface area contributed by atoms with E-state index >= 15 is 0 Å². The number of hydrogen-bond donors (Lipinski definition) is 0. The van der Waals surface area contributed by atoms with Crippen LogP contribution in [-0.2, 0) is 0 Å². The average Bonchev–Trinajstić information content (AvgIpc) is 2.11. The van der Waals surface area contributed by atoms with Crippen LogP contribution >= 0.6 is 7.26 Å². The lowest BCUT2D eigenvalue weighted by Crippen LogP contribution is -2.38. The first-order valence-corrected chi connectivity index (χ1v) is 8.69. The molecule has 1 aromatic rings. The Morgan fingerprint density at radius 1 is 0.778 bits per heavy atom. The van der Waals surface area contributed by atoms with Crippen LogP contribution in [0, 0.1) is 20.5 Å². The Hall–Kier alpha value is -0.350. The van der Waals surface area contributed by atoms with Gasteiger partial charge >= 0.3 is 0 Å². The molecule has 0 aliphatic carbocycles. The van der Waals surface area contributed by atoms with E-state index in [0.717, 1.165) is 0 Å². The van der Waals surface area contributed by atoms with Gasteiger partial charge in [0.1, 0.15) is 0 Å². The van der Waals surface area contributed by atoms with E-state index in [2.05, 4.69) is 73.6 Å². The maximum absolute atomic E-state index is 4.78. The Labute approximate surface area is 115 Å². The van der Waals surface area contributed by atoms with Crippen molar-refractivity contribution in [1.29, 1.82) is 0 Å². The van der Waals surface area contributed by atoms with Gasteiger partial charge in [0.05, 0.1) is 15.6 Å². The molecule has 1 rings (SSSR count). The van der Waals surface area contributed by atoms with Gasteiger partial charge in [-0.2, -0.15) is 6.66 Å². The Morgan fingerprint density at radius 3 is 1.39 bits per heavy atom. The minimum absolute atomic E-state index is 0.228. The van der Waals surface area contributed by atoms with E-state index in [1.54, 1.807) is 0 Å². The van der Waals surface area contributed by atoms with Gasteiger partial charge in [-0.25, -0.2) is 0 Å². The lowest BCUT2D eigenvalue weighted by Gasteiger charge is -2.51. The zero-order valence-electron chi connectivity index (χ0n) is 13.4. The molecule has 0 radical (unpaired) electrons. The van der Waals surface area contributed by atoms with Crippen LogP contribution in [0.15, 0.2) is 18.2 Å². The summed E-state index contributed by atoms with van der Waals surface area (Å²) in [5.74, 6) is 0. The van der Waals surface area contributed by atoms with E-state index in [-0.39, 0.29) is 10.3 Å². The SMILES string of the molecule is [CH2-][P+](c1cc(C)cc(C)c1)(C(C)(C)C)C(C)(C)C. The molecule has 0 N–H and O–H groups in total. The van der Waals surface area contributed by atoms with Crippen molar-refractivity contribution in [2.24, 2.45) is 0 Å². The fourth-order valence-corrected chi connectivity index (χ4v) is 7.36. The van der Waals surface area contributed by atoms with Gasteiger partial charge in [0, 0.05) is 0 Å². The van der Waals surface area contributed by atoms with E-state index in [1.807, 2.05) is 0 Å². The molecule has 0 saturated heterocycles. The molecule has 0 heterocycles. The third kappa shape index (κ3) is 2.64. The standard InChI is InChI=1S/C17H29P/c1-13-10-14(2)12-15(11-13)18(9,16(3,4)5)17(6,7)8/h10-12H,9H2,1-8H3. The van der Waals surface area contributed by atoms with E-state index in [0.29, 0.717) is 0 Å². The Bertz CT molecular complexity index is 396. The first-order chi connectivity index (χ1) is 7.89. The summed E-state index contributed by atoms with van der Waals surface area (Å²) in [6.45, 7) is 23.2. The van der Waals surface area contributed by atoms with Crippen LogP contribution in [0.5, 0.6) is 0 Å². The molecule has 0 aliphatic heterocycles. The molecule has 0 fully saturated rings. The van der Waals surface area contributed by atoms with Gasteiger partial charge in [-0.05, 0) is 78.6 Å². The number of aryl methyl sites for hydroxylation is 2. The van der Waals surface area contributed by atoms with E-state index in [1.165, 1.54) is 16.4 Å². The quantitative estimate of drug-likeness (QED) is 0.475. The highest BCUT2D eigenvalue weighted by Crippen LogP contribution is 2.74. The molecule has 0 bridgehead atoms. The van der Waals surface area contributed by atoms with Crippen molar-refractivity contribution in [3.05, 3.63) is 36.0 Å². The summed E-state index contributed by atoms with van der Waals surface area (Å²) in [5, 5.41) is 1.93. The Morgan fingerprint density at radius 2 is 1.11 bits per heavy atom. The highest BCUT2D eigenvalue weighted by atomic mass is 31.2. The molecular weight excluding hydrogens is 235 g/mol. The topological polar surface area (TPSA) is 0 Å². The largest absolute Gasteiger partial charge is 0.174 e. The maximum Gasteiger partial charge on any atom is 0.0661 e. The van der Waals surface area contributed by atoms with Crippen LogP contribution < -0.4 is 5.30 Å². The molecule has 0 aromatic heterocycles. The van der Waals surface area contributed by atoms with Gasteiger partial charge in [0.15, 0.2) is 0 Å². The van der Waals surface area contributed by atoms with Crippen molar-refractivity contribution in [1.82, 2.24) is 0 Å². The molecule has 0 atom stereocenters. The lowest BCUT2D eigenvalue weighted by atomic mass is 10.2. The van der Waals surface area contributed by atoms with Crippen molar-refractivity contribution in [3.8, 4) is 0 Å². The van der Waals surface area contributed by atoms with Crippen LogP contribution in [0.2, 0.25) is 0 Å². The smallest absolute Gasteiger partial charge is 0.0661 e. The molecule has 0 spiro atoms. The van der Waals surface area contributed by atoms with Crippen LogP contribution in [0.1, 0.15) is 52.7 Å². The minimum Gasteiger partial charge on any atom is -0.174 e. The predicted octanol–water partition coefficient (Wildman–Crippen LogP) is 5.33. The van der Waals surface area contributed by atoms with Crippen molar-refractivity contribution in [3.63, 3.8) is 0 Å². The summed E-state index contributed by atoms with van der Waals surface area (Å²) in [6, 6.07) is 6.95. The summed E-state index contributed by atoms with van der Waals surface area (Å²) >= 11 is 0. The maximum atomic E-state index is 4.78. The number of rotatable bonds is 1. The molecular formula is C17H29P. The zero-order chi connectivity index (χ0) is 14.4. The monoisotopic (exact) mass is 264 g/mol. The lowest BCUT2D eigenvalue weighted by molar-refractivity contribution is 0.702. The summed E-state index contributed by atoms with van der Waals surface area (Å²) in [6.07, 6.45) is 0. The first-order valence-electron chi connectivity index (χ1n) is 6.72. The van der Waals surface area contributed by atoms with Crippen LogP contribution in [0.25, 0.3) is 0 Å². The molecule has 102 valence electrons. The highest BCUT2D eigenvalue weighted by molar-refractivity contribution is 7.86. The minimum atomic E-state index is -1.49. The van der Waals surface area contributed by atoms with Gasteiger partial charge in [-0.1, -0.05) is 13.3 Å². The van der Waals surface area contributed by atoms with Gasteiger partial charge in [0.25, 0.3) is 0 Å². The fraction of sp³-hybridized carbons (Fsp3) is 0.588. The molecule has 0 unspecified atom stereocenters. The summed E-state index contributed by atoms with van der Waals surface area (Å²) in [5.41, 5.74) is 2.71. The average molecular weight is 264 g/mol. The van der Waals surface area contributed by atoms with Gasteiger partial charge < -0.3 is 0 Å². The van der Waals surface area contributed by atoms with Gasteiger partial charge in [-0.3, -0.25) is 0 Å². The molecule has 0 aliphatic rings.